The number of hydrogen-bond donors (Lipinski definition) is 1. The van der Waals surface area contributed by atoms with E-state index in [1.54, 1.807) is 31.2 Å². The van der Waals surface area contributed by atoms with E-state index in [0.29, 0.717) is 36.0 Å². The van der Waals surface area contributed by atoms with E-state index in [2.05, 4.69) is 19.6 Å². The van der Waals surface area contributed by atoms with Gasteiger partial charge in [0.1, 0.15) is 13.3 Å². The summed E-state index contributed by atoms with van der Waals surface area (Å²) in [5.41, 5.74) is 2.02. The molecule has 1 unspecified atom stereocenters. The highest BCUT2D eigenvalue weighted by Crippen LogP contribution is 2.39. The molecule has 1 aliphatic heterocycles. The quantitative estimate of drug-likeness (QED) is 0.469. The number of aliphatic hydroxyl groups is 1. The maximum absolute atomic E-state index is 12.8. The number of rotatable bonds is 9. The minimum Gasteiger partial charge on any atom is -0.493 e. The summed E-state index contributed by atoms with van der Waals surface area (Å²) in [6, 6.07) is 14.2. The summed E-state index contributed by atoms with van der Waals surface area (Å²) in [5, 5.41) is 10.7. The molecule has 2 aromatic carbocycles. The summed E-state index contributed by atoms with van der Waals surface area (Å²) >= 11 is 0. The lowest BCUT2D eigenvalue weighted by Gasteiger charge is -2.40. The molecule has 0 fully saturated rings. The number of aliphatic hydroxyl groups excluding tert-OH is 1. The number of methoxy groups -OCH3 is 1. The van der Waals surface area contributed by atoms with Crippen molar-refractivity contribution in [3.63, 3.8) is 0 Å². The molecule has 168 valence electrons. The second-order valence-electron chi connectivity index (χ2n) is 8.87. The minimum absolute atomic E-state index is 0.167. The number of carbonyl (C=O) groups excluding carboxylic acids is 1. The number of amides is 1. The van der Waals surface area contributed by atoms with Gasteiger partial charge in [-0.25, -0.2) is 0 Å². The third-order valence-electron chi connectivity index (χ3n) is 5.23. The van der Waals surface area contributed by atoms with Crippen LogP contribution in [-0.2, 0) is 11.3 Å². The summed E-state index contributed by atoms with van der Waals surface area (Å²) < 4.78 is 17.4. The Balaban J connectivity index is 1.86. The number of anilines is 1. The van der Waals surface area contributed by atoms with Gasteiger partial charge < -0.3 is 24.2 Å². The van der Waals surface area contributed by atoms with E-state index in [-0.39, 0.29) is 12.6 Å². The Kier molecular flexibility index (Phi) is 7.25. The molecule has 0 saturated heterocycles. The lowest BCUT2D eigenvalue weighted by atomic mass is 10.1. The summed E-state index contributed by atoms with van der Waals surface area (Å²) in [5.74, 6) is 0.683. The summed E-state index contributed by atoms with van der Waals surface area (Å²) in [6.45, 7) is 8.00. The first-order valence-electron chi connectivity index (χ1n) is 10.4. The number of fused-ring (bicyclic) bond motifs is 1. The Bertz CT molecular complexity index is 901. The van der Waals surface area contributed by atoms with Crippen LogP contribution in [0.25, 0.3) is 0 Å². The number of ether oxygens (including phenoxy) is 3. The fourth-order valence-electron chi connectivity index (χ4n) is 3.27. The van der Waals surface area contributed by atoms with Crippen molar-refractivity contribution in [3.8, 4) is 11.5 Å². The molecular formula is C23H32N2O5Si. The summed E-state index contributed by atoms with van der Waals surface area (Å²) in [4.78, 5) is 15.7. The predicted octanol–water partition coefficient (Wildman–Crippen LogP) is 3.75. The zero-order valence-corrected chi connectivity index (χ0v) is 19.9. The van der Waals surface area contributed by atoms with Crippen LogP contribution in [0.3, 0.4) is 0 Å². The minimum atomic E-state index is -1.23. The van der Waals surface area contributed by atoms with Gasteiger partial charge in [0.2, 0.25) is 6.35 Å². The lowest BCUT2D eigenvalue weighted by molar-refractivity contribution is -0.00335. The molecule has 1 amide bonds. The highest BCUT2D eigenvalue weighted by molar-refractivity contribution is 6.76. The molecule has 0 aromatic heterocycles. The molecule has 0 spiro atoms. The average molecular weight is 445 g/mol. The van der Waals surface area contributed by atoms with Crippen LogP contribution in [0.15, 0.2) is 42.5 Å². The number of benzene rings is 2. The Hall–Kier alpha value is -2.55. The average Bonchev–Trinajstić information content (AvgIpc) is 2.75. The first-order chi connectivity index (χ1) is 14.7. The molecule has 2 aromatic rings. The van der Waals surface area contributed by atoms with Gasteiger partial charge >= 0.3 is 0 Å². The van der Waals surface area contributed by atoms with Crippen molar-refractivity contribution in [2.75, 3.05) is 32.4 Å². The maximum Gasteiger partial charge on any atom is 0.259 e. The van der Waals surface area contributed by atoms with Gasteiger partial charge in [-0.05, 0) is 17.7 Å². The summed E-state index contributed by atoms with van der Waals surface area (Å²) in [7, 11) is 1.88. The van der Waals surface area contributed by atoms with Crippen molar-refractivity contribution in [1.82, 2.24) is 4.90 Å². The monoisotopic (exact) mass is 444 g/mol. The number of hydrogen-bond acceptors (Lipinski definition) is 6. The van der Waals surface area contributed by atoms with Crippen molar-refractivity contribution in [3.05, 3.63) is 53.6 Å². The van der Waals surface area contributed by atoms with Crippen LogP contribution in [0.5, 0.6) is 11.5 Å². The van der Waals surface area contributed by atoms with E-state index < -0.39 is 14.4 Å². The molecule has 1 atom stereocenters. The second-order valence-corrected chi connectivity index (χ2v) is 14.5. The Morgan fingerprint density at radius 1 is 1.10 bits per heavy atom. The van der Waals surface area contributed by atoms with Crippen LogP contribution >= 0.6 is 0 Å². The van der Waals surface area contributed by atoms with Crippen LogP contribution in [0.4, 0.5) is 5.69 Å². The standard InChI is InChI=1S/C23H32N2O5Si/c1-24-22(26)18-13-20(28-2)21(30-15-17-9-7-6-8-10-17)14-19(18)25(23(24)27)16-29-11-12-31(3,4)5/h6-10,13-14,23,27H,11-12,15-16H2,1-5H3. The van der Waals surface area contributed by atoms with Gasteiger partial charge in [-0.2, -0.15) is 0 Å². The molecule has 1 heterocycles. The molecular weight excluding hydrogens is 412 g/mol. The molecule has 31 heavy (non-hydrogen) atoms. The molecule has 7 nitrogen and oxygen atoms in total. The first-order valence-corrected chi connectivity index (χ1v) is 14.1. The van der Waals surface area contributed by atoms with Crippen LogP contribution in [0, 0.1) is 0 Å². The van der Waals surface area contributed by atoms with E-state index in [1.165, 1.54) is 4.90 Å². The SMILES string of the molecule is COc1cc2c(cc1OCc1ccccc1)N(COCC[Si](C)(C)C)C(O)N(C)C2=O. The van der Waals surface area contributed by atoms with E-state index in [4.69, 9.17) is 14.2 Å². The molecule has 1 aliphatic rings. The van der Waals surface area contributed by atoms with Crippen LogP contribution in [0.1, 0.15) is 15.9 Å². The fraction of sp³-hybridized carbons (Fsp3) is 0.435. The third kappa shape index (κ3) is 5.58. The topological polar surface area (TPSA) is 71.5 Å². The van der Waals surface area contributed by atoms with E-state index >= 15 is 0 Å². The zero-order chi connectivity index (χ0) is 22.6. The first kappa shape index (κ1) is 23.1. The molecule has 1 N–H and O–H groups in total. The third-order valence-corrected chi connectivity index (χ3v) is 6.94. The lowest BCUT2D eigenvalue weighted by Crippen LogP contribution is -2.54. The number of carbonyl (C=O) groups is 1. The molecule has 8 heteroatoms. The Labute approximate surface area is 185 Å². The van der Waals surface area contributed by atoms with Crippen LogP contribution in [0.2, 0.25) is 25.7 Å². The fourth-order valence-corrected chi connectivity index (χ4v) is 4.03. The van der Waals surface area contributed by atoms with Crippen LogP contribution < -0.4 is 14.4 Å². The van der Waals surface area contributed by atoms with Gasteiger partial charge in [-0.3, -0.25) is 9.69 Å². The Morgan fingerprint density at radius 2 is 1.81 bits per heavy atom. The van der Waals surface area contributed by atoms with Crippen molar-refractivity contribution < 1.29 is 24.1 Å². The maximum atomic E-state index is 12.8. The van der Waals surface area contributed by atoms with Crippen molar-refractivity contribution in [1.29, 1.82) is 0 Å². The van der Waals surface area contributed by atoms with Gasteiger partial charge in [-0.1, -0.05) is 50.0 Å². The summed E-state index contributed by atoms with van der Waals surface area (Å²) in [6.07, 6.45) is -1.12. The van der Waals surface area contributed by atoms with Gasteiger partial charge in [0, 0.05) is 27.8 Å². The van der Waals surface area contributed by atoms with Gasteiger partial charge in [0.25, 0.3) is 5.91 Å². The smallest absolute Gasteiger partial charge is 0.259 e. The highest BCUT2D eigenvalue weighted by Gasteiger charge is 2.36. The largest absolute Gasteiger partial charge is 0.493 e. The van der Waals surface area contributed by atoms with Crippen LogP contribution in [-0.4, -0.2) is 57.8 Å². The molecule has 0 aliphatic carbocycles. The Morgan fingerprint density at radius 3 is 2.45 bits per heavy atom. The molecule has 0 saturated carbocycles. The van der Waals surface area contributed by atoms with E-state index in [9.17, 15) is 9.90 Å². The van der Waals surface area contributed by atoms with Gasteiger partial charge in [0.05, 0.1) is 18.4 Å². The van der Waals surface area contributed by atoms with E-state index in [0.717, 1.165) is 11.6 Å². The second kappa shape index (κ2) is 9.72. The van der Waals surface area contributed by atoms with Crippen molar-refractivity contribution >= 4 is 19.7 Å². The van der Waals surface area contributed by atoms with E-state index in [1.807, 2.05) is 30.3 Å². The predicted molar refractivity (Wildman–Crippen MR) is 123 cm³/mol. The van der Waals surface area contributed by atoms with Crippen molar-refractivity contribution in [2.45, 2.75) is 38.6 Å². The van der Waals surface area contributed by atoms with Gasteiger partial charge in [-0.15, -0.1) is 0 Å². The zero-order valence-electron chi connectivity index (χ0n) is 18.9. The highest BCUT2D eigenvalue weighted by atomic mass is 28.3. The molecule has 0 bridgehead atoms. The van der Waals surface area contributed by atoms with Crippen molar-refractivity contribution in [2.24, 2.45) is 0 Å². The number of nitrogens with zero attached hydrogens (tertiary/aromatic N) is 2. The molecule has 0 radical (unpaired) electrons. The normalized spacial score (nSPS) is 16.3. The molecule has 3 rings (SSSR count). The van der Waals surface area contributed by atoms with Gasteiger partial charge in [0.15, 0.2) is 11.5 Å².